The Morgan fingerprint density at radius 2 is 1.89 bits per heavy atom. The van der Waals surface area contributed by atoms with Gasteiger partial charge in [-0.05, 0) is 0 Å². The highest BCUT2D eigenvalue weighted by molar-refractivity contribution is 5.86. The normalized spacial score (nSPS) is 8.89. The van der Waals surface area contributed by atoms with Crippen molar-refractivity contribution >= 4 is 5.97 Å². The number of nitrogens with zero attached hydrogens (tertiary/aromatic N) is 2. The van der Waals surface area contributed by atoms with Crippen molar-refractivity contribution in [3.8, 4) is 0 Å². The van der Waals surface area contributed by atoms with E-state index < -0.39 is 5.97 Å². The highest BCUT2D eigenvalue weighted by Gasteiger charge is 2.02. The van der Waals surface area contributed by atoms with Crippen LogP contribution in [0.3, 0.4) is 0 Å². The van der Waals surface area contributed by atoms with Crippen molar-refractivity contribution in [2.24, 2.45) is 0 Å². The number of carbonyl (C=O) groups is 1. The van der Waals surface area contributed by atoms with E-state index in [1.807, 2.05) is 0 Å². The number of carbonyl (C=O) groups excluding carboxylic acids is 1. The third-order valence-corrected chi connectivity index (χ3v) is 0.796. The van der Waals surface area contributed by atoms with Crippen molar-refractivity contribution in [3.63, 3.8) is 0 Å². The first-order valence-electron chi connectivity index (χ1n) is 2.27. The van der Waals surface area contributed by atoms with Gasteiger partial charge in [-0.25, -0.2) is 19.9 Å². The monoisotopic (exact) mass is 123 g/mol. The molecule has 0 unspecified atom stereocenters. The Hall–Kier alpha value is -1.45. The first-order valence-corrected chi connectivity index (χ1v) is 2.27. The second-order valence-electron chi connectivity index (χ2n) is 1.41. The topological polar surface area (TPSA) is 62.8 Å². The van der Waals surface area contributed by atoms with Gasteiger partial charge in [-0.15, -0.1) is 0 Å². The van der Waals surface area contributed by atoms with E-state index >= 15 is 0 Å². The Morgan fingerprint density at radius 1 is 1.33 bits per heavy atom. The maximum atomic E-state index is 10.0. The van der Waals surface area contributed by atoms with E-state index in [2.05, 4.69) is 9.97 Å². The van der Waals surface area contributed by atoms with E-state index in [-0.39, 0.29) is 5.56 Å². The van der Waals surface area contributed by atoms with Gasteiger partial charge in [-0.2, -0.15) is 0 Å². The molecule has 0 aliphatic heterocycles. The molecule has 1 aromatic rings. The van der Waals surface area contributed by atoms with Gasteiger partial charge in [0.2, 0.25) is 0 Å². The maximum absolute atomic E-state index is 10.0. The molecule has 0 atom stereocenters. The average molecular weight is 123 g/mol. The van der Waals surface area contributed by atoms with Crippen molar-refractivity contribution < 1.29 is 9.90 Å². The van der Waals surface area contributed by atoms with Gasteiger partial charge in [0, 0.05) is 12.4 Å². The summed E-state index contributed by atoms with van der Waals surface area (Å²) in [5.74, 6) is -1.25. The van der Waals surface area contributed by atoms with Crippen molar-refractivity contribution in [2.75, 3.05) is 0 Å². The van der Waals surface area contributed by atoms with Gasteiger partial charge in [-0.3, -0.25) is 0 Å². The zero-order chi connectivity index (χ0) is 6.69. The van der Waals surface area contributed by atoms with Gasteiger partial charge in [0.05, 0.1) is 0 Å². The molecule has 0 fully saturated rings. The lowest BCUT2D eigenvalue weighted by molar-refractivity contribution is 0.0572. The second-order valence-corrected chi connectivity index (χ2v) is 1.41. The highest BCUT2D eigenvalue weighted by Crippen LogP contribution is 1.90. The van der Waals surface area contributed by atoms with E-state index in [0.29, 0.717) is 0 Å². The molecule has 1 radical (unpaired) electrons. The molecule has 0 bridgehead atoms. The fraction of sp³-hybridized carbons (Fsp3) is 0. The molecule has 0 saturated carbocycles. The molecule has 0 aliphatic carbocycles. The van der Waals surface area contributed by atoms with Crippen molar-refractivity contribution in [1.29, 1.82) is 0 Å². The van der Waals surface area contributed by atoms with Gasteiger partial charge in [0.15, 0.2) is 0 Å². The Balaban J connectivity index is 2.98. The van der Waals surface area contributed by atoms with E-state index in [4.69, 9.17) is 0 Å². The molecule has 9 heavy (non-hydrogen) atoms. The van der Waals surface area contributed by atoms with E-state index in [9.17, 15) is 9.90 Å². The fourth-order valence-electron chi connectivity index (χ4n) is 0.405. The minimum absolute atomic E-state index is 0.00231. The minimum atomic E-state index is -1.25. The lowest BCUT2D eigenvalue weighted by Gasteiger charge is -1.84. The van der Waals surface area contributed by atoms with Crippen LogP contribution < -0.4 is 0 Å². The molecule has 4 heteroatoms. The molecule has 4 nitrogen and oxygen atoms in total. The third kappa shape index (κ3) is 1.22. The van der Waals surface area contributed by atoms with E-state index in [0.717, 1.165) is 0 Å². The fourth-order valence-corrected chi connectivity index (χ4v) is 0.405. The summed E-state index contributed by atoms with van der Waals surface area (Å²) in [6, 6.07) is 0. The summed E-state index contributed by atoms with van der Waals surface area (Å²) in [6.45, 7) is 0. The molecule has 1 aromatic heterocycles. The van der Waals surface area contributed by atoms with Crippen LogP contribution in [0, 0.1) is 0 Å². The SMILES string of the molecule is [O]C(=O)c1cncnc1. The predicted octanol–water partition coefficient (Wildman–Crippen LogP) is 0.0473. The van der Waals surface area contributed by atoms with Crippen LogP contribution in [0.2, 0.25) is 0 Å². The van der Waals surface area contributed by atoms with Crippen molar-refractivity contribution in [3.05, 3.63) is 24.3 Å². The van der Waals surface area contributed by atoms with Gasteiger partial charge in [0.25, 0.3) is 0 Å². The summed E-state index contributed by atoms with van der Waals surface area (Å²) >= 11 is 0. The molecule has 0 aromatic carbocycles. The number of hydrogen-bond donors (Lipinski definition) is 0. The molecular weight excluding hydrogens is 120 g/mol. The molecule has 0 N–H and O–H groups in total. The lowest BCUT2D eigenvalue weighted by Crippen LogP contribution is -1.94. The summed E-state index contributed by atoms with van der Waals surface area (Å²) in [7, 11) is 0. The number of rotatable bonds is 1. The van der Waals surface area contributed by atoms with Crippen LogP contribution in [0.4, 0.5) is 0 Å². The van der Waals surface area contributed by atoms with Crippen LogP contribution in [-0.4, -0.2) is 15.9 Å². The molecule has 1 rings (SSSR count). The highest BCUT2D eigenvalue weighted by atomic mass is 16.4. The molecule has 0 spiro atoms. The standard InChI is InChI=1S/C5H3N2O2/c8-5(9)4-1-6-3-7-2-4/h1-3H. The second kappa shape index (κ2) is 2.21. The zero-order valence-electron chi connectivity index (χ0n) is 4.44. The van der Waals surface area contributed by atoms with Crippen LogP contribution in [0.25, 0.3) is 0 Å². The summed E-state index contributed by atoms with van der Waals surface area (Å²) in [4.78, 5) is 17.0. The van der Waals surface area contributed by atoms with Crippen LogP contribution in [0.1, 0.15) is 10.4 Å². The van der Waals surface area contributed by atoms with E-state index in [1.54, 1.807) is 0 Å². The van der Waals surface area contributed by atoms with Gasteiger partial charge in [0.1, 0.15) is 11.9 Å². The quantitative estimate of drug-likeness (QED) is 0.529. The Bertz CT molecular complexity index is 209. The largest absolute Gasteiger partial charge is 0.389 e. The predicted molar refractivity (Wildman–Crippen MR) is 27.0 cm³/mol. The van der Waals surface area contributed by atoms with Crippen LogP contribution >= 0.6 is 0 Å². The summed E-state index contributed by atoms with van der Waals surface area (Å²) in [5.41, 5.74) is -0.00231. The van der Waals surface area contributed by atoms with Gasteiger partial charge < -0.3 is 0 Å². The summed E-state index contributed by atoms with van der Waals surface area (Å²) < 4.78 is 0. The number of hydrogen-bond acceptors (Lipinski definition) is 3. The molecular formula is C5H3N2O2. The van der Waals surface area contributed by atoms with Crippen molar-refractivity contribution in [1.82, 2.24) is 9.97 Å². The minimum Gasteiger partial charge on any atom is -0.244 e. The van der Waals surface area contributed by atoms with Crippen molar-refractivity contribution in [2.45, 2.75) is 0 Å². The number of aromatic nitrogens is 2. The average Bonchev–Trinajstić information content (AvgIpc) is 1.90. The first kappa shape index (κ1) is 5.68. The third-order valence-electron chi connectivity index (χ3n) is 0.796. The Labute approximate surface area is 51.2 Å². The summed E-state index contributed by atoms with van der Waals surface area (Å²) in [6.07, 6.45) is 3.62. The van der Waals surface area contributed by atoms with Crippen LogP contribution in [0.15, 0.2) is 18.7 Å². The van der Waals surface area contributed by atoms with Gasteiger partial charge >= 0.3 is 5.97 Å². The maximum Gasteiger partial charge on any atom is 0.389 e. The molecule has 0 saturated heterocycles. The molecule has 0 aliphatic rings. The zero-order valence-corrected chi connectivity index (χ0v) is 4.44. The van der Waals surface area contributed by atoms with Crippen LogP contribution in [-0.2, 0) is 5.11 Å². The smallest absolute Gasteiger partial charge is 0.244 e. The molecule has 1 heterocycles. The Morgan fingerprint density at radius 3 is 2.22 bits per heavy atom. The first-order chi connectivity index (χ1) is 4.30. The summed E-state index contributed by atoms with van der Waals surface area (Å²) in [5, 5.41) is 10.0. The van der Waals surface area contributed by atoms with E-state index in [1.165, 1.54) is 18.7 Å². The van der Waals surface area contributed by atoms with Gasteiger partial charge in [-0.1, -0.05) is 0 Å². The Kier molecular flexibility index (Phi) is 1.40. The molecule has 45 valence electrons. The van der Waals surface area contributed by atoms with Crippen LogP contribution in [0.5, 0.6) is 0 Å². The lowest BCUT2D eigenvalue weighted by atomic mass is 10.4. The molecule has 0 amide bonds.